The molecule has 0 aromatic carbocycles. The summed E-state index contributed by atoms with van der Waals surface area (Å²) in [6, 6.07) is 4.01. The van der Waals surface area contributed by atoms with E-state index >= 15 is 0 Å². The molecule has 0 atom stereocenters. The summed E-state index contributed by atoms with van der Waals surface area (Å²) < 4.78 is 1.09. The van der Waals surface area contributed by atoms with Crippen molar-refractivity contribution in [1.82, 2.24) is 5.32 Å². The van der Waals surface area contributed by atoms with Crippen LogP contribution in [0.1, 0.15) is 17.7 Å². The van der Waals surface area contributed by atoms with Crippen LogP contribution in [0.2, 0.25) is 0 Å². The van der Waals surface area contributed by atoms with Gasteiger partial charge in [0.25, 0.3) is 0 Å². The number of carboxylic acids is 1. The molecule has 1 heterocycles. The molecule has 1 rings (SSSR count). The molecule has 112 valence electrons. The SMILES string of the molecule is O=C(O)CCSSCCNC(=O)CCc1ccc(Br)s1. The van der Waals surface area contributed by atoms with Crippen molar-refractivity contribution in [3.63, 3.8) is 0 Å². The molecule has 0 saturated carbocycles. The fourth-order valence-corrected chi connectivity index (χ4v) is 4.66. The zero-order valence-electron chi connectivity index (χ0n) is 10.8. The highest BCUT2D eigenvalue weighted by Gasteiger charge is 2.04. The largest absolute Gasteiger partial charge is 0.481 e. The van der Waals surface area contributed by atoms with Crippen LogP contribution in [0, 0.1) is 0 Å². The molecule has 0 saturated heterocycles. The Labute approximate surface area is 138 Å². The first-order chi connectivity index (χ1) is 9.58. The van der Waals surface area contributed by atoms with Crippen LogP contribution in [0.25, 0.3) is 0 Å². The molecule has 0 unspecified atom stereocenters. The van der Waals surface area contributed by atoms with Crippen molar-refractivity contribution in [3.8, 4) is 0 Å². The van der Waals surface area contributed by atoms with Crippen molar-refractivity contribution >= 4 is 60.7 Å². The van der Waals surface area contributed by atoms with Gasteiger partial charge in [-0.15, -0.1) is 11.3 Å². The van der Waals surface area contributed by atoms with E-state index in [-0.39, 0.29) is 12.3 Å². The molecule has 2 N–H and O–H groups in total. The summed E-state index contributed by atoms with van der Waals surface area (Å²) in [7, 11) is 3.12. The van der Waals surface area contributed by atoms with Gasteiger partial charge in [-0.2, -0.15) is 0 Å². The number of hydrogen-bond acceptors (Lipinski definition) is 5. The van der Waals surface area contributed by atoms with E-state index < -0.39 is 5.97 Å². The normalized spacial score (nSPS) is 10.4. The molecule has 0 fully saturated rings. The van der Waals surface area contributed by atoms with E-state index in [1.165, 1.54) is 15.7 Å². The van der Waals surface area contributed by atoms with Gasteiger partial charge in [0.2, 0.25) is 5.91 Å². The highest BCUT2D eigenvalue weighted by molar-refractivity contribution is 9.11. The third kappa shape index (κ3) is 8.89. The molecular weight excluding hydrogens is 382 g/mol. The van der Waals surface area contributed by atoms with Crippen molar-refractivity contribution < 1.29 is 14.7 Å². The number of amides is 1. The second kappa shape index (κ2) is 10.5. The fraction of sp³-hybridized carbons (Fsp3) is 0.500. The van der Waals surface area contributed by atoms with Gasteiger partial charge < -0.3 is 10.4 Å². The molecule has 0 aliphatic rings. The van der Waals surface area contributed by atoms with Crippen LogP contribution >= 0.6 is 48.9 Å². The predicted octanol–water partition coefficient (Wildman–Crippen LogP) is 3.42. The second-order valence-electron chi connectivity index (χ2n) is 3.84. The summed E-state index contributed by atoms with van der Waals surface area (Å²) >= 11 is 5.05. The van der Waals surface area contributed by atoms with Gasteiger partial charge in [-0.25, -0.2) is 0 Å². The Bertz CT molecular complexity index is 439. The van der Waals surface area contributed by atoms with Gasteiger partial charge in [-0.1, -0.05) is 21.6 Å². The molecule has 8 heteroatoms. The number of halogens is 1. The third-order valence-electron chi connectivity index (χ3n) is 2.22. The Kier molecular flexibility index (Phi) is 9.41. The first kappa shape index (κ1) is 17.9. The van der Waals surface area contributed by atoms with Crippen molar-refractivity contribution in [1.29, 1.82) is 0 Å². The maximum atomic E-state index is 11.6. The molecule has 0 bridgehead atoms. The number of rotatable bonds is 10. The number of aliphatic carboxylic acids is 1. The number of hydrogen-bond donors (Lipinski definition) is 2. The van der Waals surface area contributed by atoms with Crippen LogP contribution in [-0.2, 0) is 16.0 Å². The first-order valence-electron chi connectivity index (χ1n) is 6.05. The van der Waals surface area contributed by atoms with Crippen molar-refractivity contribution in [2.45, 2.75) is 19.3 Å². The van der Waals surface area contributed by atoms with E-state index in [1.54, 1.807) is 22.1 Å². The van der Waals surface area contributed by atoms with Gasteiger partial charge in [0.1, 0.15) is 0 Å². The minimum Gasteiger partial charge on any atom is -0.481 e. The summed E-state index contributed by atoms with van der Waals surface area (Å²) in [5.41, 5.74) is 0. The van der Waals surface area contributed by atoms with Gasteiger partial charge in [-0.3, -0.25) is 9.59 Å². The Hall–Kier alpha value is -0.180. The summed E-state index contributed by atoms with van der Waals surface area (Å²) in [6.45, 7) is 0.623. The quantitative estimate of drug-likeness (QED) is 0.467. The van der Waals surface area contributed by atoms with Crippen LogP contribution in [0.3, 0.4) is 0 Å². The average molecular weight is 398 g/mol. The predicted molar refractivity (Wildman–Crippen MR) is 90.5 cm³/mol. The summed E-state index contributed by atoms with van der Waals surface area (Å²) in [5, 5.41) is 11.3. The number of carbonyl (C=O) groups excluding carboxylic acids is 1. The van der Waals surface area contributed by atoms with Crippen molar-refractivity contribution in [2.24, 2.45) is 0 Å². The van der Waals surface area contributed by atoms with Crippen molar-refractivity contribution in [2.75, 3.05) is 18.1 Å². The van der Waals surface area contributed by atoms with E-state index in [0.29, 0.717) is 18.7 Å². The lowest BCUT2D eigenvalue weighted by molar-refractivity contribution is -0.136. The van der Waals surface area contributed by atoms with Crippen LogP contribution in [0.5, 0.6) is 0 Å². The van der Waals surface area contributed by atoms with Crippen LogP contribution in [0.4, 0.5) is 0 Å². The standard InChI is InChI=1S/C12H16BrNO3S3/c13-10-3-1-9(20-10)2-4-11(15)14-6-8-19-18-7-5-12(16)17/h1,3H,2,4-8H2,(H,14,15)(H,16,17). The fourth-order valence-electron chi connectivity index (χ4n) is 1.29. The lowest BCUT2D eigenvalue weighted by atomic mass is 10.2. The number of nitrogens with one attached hydrogen (secondary N) is 1. The Morgan fingerprint density at radius 2 is 2.00 bits per heavy atom. The Morgan fingerprint density at radius 3 is 2.65 bits per heavy atom. The van der Waals surface area contributed by atoms with E-state index in [1.807, 2.05) is 12.1 Å². The highest BCUT2D eigenvalue weighted by Crippen LogP contribution is 2.23. The number of aryl methyl sites for hydroxylation is 1. The molecule has 0 aliphatic heterocycles. The Balaban J connectivity index is 1.96. The van der Waals surface area contributed by atoms with E-state index in [9.17, 15) is 9.59 Å². The molecule has 4 nitrogen and oxygen atoms in total. The van der Waals surface area contributed by atoms with E-state index in [4.69, 9.17) is 5.11 Å². The molecule has 0 radical (unpaired) electrons. The number of thiophene rings is 1. The van der Waals surface area contributed by atoms with Crippen LogP contribution < -0.4 is 5.32 Å². The number of carboxylic acid groups (broad SMARTS) is 1. The molecule has 1 aromatic rings. The maximum Gasteiger partial charge on any atom is 0.304 e. The van der Waals surface area contributed by atoms with Gasteiger partial charge in [0.05, 0.1) is 10.2 Å². The van der Waals surface area contributed by atoms with Gasteiger partial charge in [0.15, 0.2) is 0 Å². The summed E-state index contributed by atoms with van der Waals surface area (Å²) in [6.07, 6.45) is 1.45. The highest BCUT2D eigenvalue weighted by atomic mass is 79.9. The van der Waals surface area contributed by atoms with E-state index in [2.05, 4.69) is 21.2 Å². The second-order valence-corrected chi connectivity index (χ2v) is 9.09. The maximum absolute atomic E-state index is 11.6. The zero-order valence-corrected chi connectivity index (χ0v) is 14.8. The minimum absolute atomic E-state index is 0.0608. The summed E-state index contributed by atoms with van der Waals surface area (Å²) in [5.74, 6) is 0.680. The van der Waals surface area contributed by atoms with Crippen LogP contribution in [0.15, 0.2) is 15.9 Å². The molecule has 0 spiro atoms. The topological polar surface area (TPSA) is 66.4 Å². The monoisotopic (exact) mass is 397 g/mol. The van der Waals surface area contributed by atoms with E-state index in [0.717, 1.165) is 16.0 Å². The number of carbonyl (C=O) groups is 2. The molecule has 0 aliphatic carbocycles. The average Bonchev–Trinajstić information content (AvgIpc) is 2.81. The zero-order chi connectivity index (χ0) is 14.8. The van der Waals surface area contributed by atoms with Crippen LogP contribution in [-0.4, -0.2) is 35.0 Å². The van der Waals surface area contributed by atoms with Gasteiger partial charge in [0, 0.05) is 29.3 Å². The van der Waals surface area contributed by atoms with Crippen molar-refractivity contribution in [3.05, 3.63) is 20.8 Å². The van der Waals surface area contributed by atoms with Gasteiger partial charge in [-0.05, 0) is 34.5 Å². The molecule has 1 aromatic heterocycles. The Morgan fingerprint density at radius 1 is 1.25 bits per heavy atom. The molecule has 20 heavy (non-hydrogen) atoms. The third-order valence-corrected chi connectivity index (χ3v) is 6.31. The summed E-state index contributed by atoms with van der Waals surface area (Å²) in [4.78, 5) is 23.1. The van der Waals surface area contributed by atoms with Gasteiger partial charge >= 0.3 is 5.97 Å². The lowest BCUT2D eigenvalue weighted by Gasteiger charge is -2.04. The first-order valence-corrected chi connectivity index (χ1v) is 10.1. The minimum atomic E-state index is -0.772. The lowest BCUT2D eigenvalue weighted by Crippen LogP contribution is -2.25. The molecule has 1 amide bonds. The molecular formula is C12H16BrNO3S3. The smallest absolute Gasteiger partial charge is 0.304 e.